The molecule has 0 aliphatic rings. The smallest absolute Gasteiger partial charge is 0.226 e. The van der Waals surface area contributed by atoms with E-state index in [0.717, 1.165) is 44.1 Å². The van der Waals surface area contributed by atoms with Crippen LogP contribution in [-0.2, 0) is 12.8 Å². The van der Waals surface area contributed by atoms with Crippen LogP contribution in [0, 0.1) is 0 Å². The molecule has 0 spiro atoms. The number of rotatable bonds is 10. The van der Waals surface area contributed by atoms with E-state index in [0.29, 0.717) is 11.8 Å². The van der Waals surface area contributed by atoms with Crippen molar-refractivity contribution in [2.24, 2.45) is 4.99 Å². The molecule has 172 valence electrons. The van der Waals surface area contributed by atoms with Crippen molar-refractivity contribution in [3.63, 3.8) is 0 Å². The summed E-state index contributed by atoms with van der Waals surface area (Å²) in [5.74, 6) is 2.91. The van der Waals surface area contributed by atoms with Gasteiger partial charge in [-0.05, 0) is 24.0 Å². The molecule has 0 aliphatic carbocycles. The van der Waals surface area contributed by atoms with Gasteiger partial charge < -0.3 is 15.2 Å². The van der Waals surface area contributed by atoms with Crippen molar-refractivity contribution < 1.29 is 4.52 Å². The third-order valence-corrected chi connectivity index (χ3v) is 5.20. The van der Waals surface area contributed by atoms with Gasteiger partial charge in [0.15, 0.2) is 11.8 Å². The molecule has 0 bridgehead atoms. The van der Waals surface area contributed by atoms with Crippen LogP contribution in [0.1, 0.15) is 54.9 Å². The van der Waals surface area contributed by atoms with Crippen LogP contribution < -0.4 is 10.6 Å². The second kappa shape index (κ2) is 13.9. The van der Waals surface area contributed by atoms with Gasteiger partial charge in [-0.2, -0.15) is 4.98 Å². The van der Waals surface area contributed by atoms with Gasteiger partial charge in [0.25, 0.3) is 0 Å². The molecule has 6 nitrogen and oxygen atoms in total. The van der Waals surface area contributed by atoms with Crippen LogP contribution in [0.15, 0.2) is 70.2 Å². The summed E-state index contributed by atoms with van der Waals surface area (Å²) < 4.78 is 5.31. The highest BCUT2D eigenvalue weighted by atomic mass is 127. The summed E-state index contributed by atoms with van der Waals surface area (Å²) in [7, 11) is 1.80. The van der Waals surface area contributed by atoms with E-state index in [9.17, 15) is 0 Å². The molecule has 0 radical (unpaired) electrons. The molecular formula is C25H34IN5O. The van der Waals surface area contributed by atoms with Gasteiger partial charge in [-0.1, -0.05) is 79.7 Å². The fourth-order valence-electron chi connectivity index (χ4n) is 3.42. The van der Waals surface area contributed by atoms with Gasteiger partial charge in [-0.3, -0.25) is 4.99 Å². The zero-order valence-electron chi connectivity index (χ0n) is 19.1. The van der Waals surface area contributed by atoms with Crippen molar-refractivity contribution in [3.8, 4) is 0 Å². The first-order chi connectivity index (χ1) is 15.2. The summed E-state index contributed by atoms with van der Waals surface area (Å²) in [4.78, 5) is 8.80. The zero-order valence-corrected chi connectivity index (χ0v) is 21.5. The van der Waals surface area contributed by atoms with Gasteiger partial charge in [0.2, 0.25) is 5.89 Å². The van der Waals surface area contributed by atoms with Crippen LogP contribution in [0.2, 0.25) is 0 Å². The Morgan fingerprint density at radius 1 is 1.00 bits per heavy atom. The van der Waals surface area contributed by atoms with Crippen LogP contribution in [0.25, 0.3) is 0 Å². The normalized spacial score (nSPS) is 12.3. The highest BCUT2D eigenvalue weighted by molar-refractivity contribution is 14.0. The van der Waals surface area contributed by atoms with Crippen LogP contribution in [0.5, 0.6) is 0 Å². The van der Waals surface area contributed by atoms with Crippen molar-refractivity contribution in [1.82, 2.24) is 20.8 Å². The summed E-state index contributed by atoms with van der Waals surface area (Å²) >= 11 is 0. The standard InChI is InChI=1S/C25H33N5O.HI/c1-19(2)24-29-23(31-30-24)15-10-16-27-25(26-3)28-18-22(21-13-8-5-9-14-21)17-20-11-6-4-7-12-20;/h4-9,11-14,19,22H,10,15-18H2,1-3H3,(H2,26,27,28);1H. The first-order valence-electron chi connectivity index (χ1n) is 11.0. The van der Waals surface area contributed by atoms with Gasteiger partial charge in [-0.25, -0.2) is 0 Å². The maximum absolute atomic E-state index is 5.31. The lowest BCUT2D eigenvalue weighted by Crippen LogP contribution is -2.40. The third kappa shape index (κ3) is 8.26. The van der Waals surface area contributed by atoms with Crippen LogP contribution in [-0.4, -0.2) is 36.2 Å². The number of hydrogen-bond acceptors (Lipinski definition) is 4. The number of aromatic nitrogens is 2. The molecule has 1 heterocycles. The summed E-state index contributed by atoms with van der Waals surface area (Å²) in [5, 5.41) is 10.9. The van der Waals surface area contributed by atoms with Gasteiger partial charge in [0, 0.05) is 38.4 Å². The first-order valence-corrected chi connectivity index (χ1v) is 11.0. The molecular weight excluding hydrogens is 513 g/mol. The molecule has 1 aromatic heterocycles. The largest absolute Gasteiger partial charge is 0.356 e. The van der Waals surface area contributed by atoms with E-state index in [1.54, 1.807) is 7.05 Å². The molecule has 1 atom stereocenters. The molecule has 1 unspecified atom stereocenters. The third-order valence-electron chi connectivity index (χ3n) is 5.20. The van der Waals surface area contributed by atoms with Crippen LogP contribution >= 0.6 is 24.0 Å². The molecule has 7 heteroatoms. The lowest BCUT2D eigenvalue weighted by atomic mass is 9.92. The van der Waals surface area contributed by atoms with Crippen molar-refractivity contribution in [3.05, 3.63) is 83.5 Å². The average Bonchev–Trinajstić information content (AvgIpc) is 3.28. The van der Waals surface area contributed by atoms with E-state index >= 15 is 0 Å². The number of halogens is 1. The van der Waals surface area contributed by atoms with E-state index in [4.69, 9.17) is 4.52 Å². The molecule has 0 aliphatic heterocycles. The highest BCUT2D eigenvalue weighted by Gasteiger charge is 2.13. The fourth-order valence-corrected chi connectivity index (χ4v) is 3.42. The predicted molar refractivity (Wildman–Crippen MR) is 141 cm³/mol. The molecule has 0 fully saturated rings. The summed E-state index contributed by atoms with van der Waals surface area (Å²) in [6.45, 7) is 5.71. The lowest BCUT2D eigenvalue weighted by Gasteiger charge is -2.20. The summed E-state index contributed by atoms with van der Waals surface area (Å²) in [6.07, 6.45) is 2.63. The van der Waals surface area contributed by atoms with Crippen molar-refractivity contribution in [2.75, 3.05) is 20.1 Å². The van der Waals surface area contributed by atoms with Crippen LogP contribution in [0.3, 0.4) is 0 Å². The molecule has 3 aromatic rings. The molecule has 0 saturated heterocycles. The Balaban J connectivity index is 0.00000363. The van der Waals surface area contributed by atoms with Crippen LogP contribution in [0.4, 0.5) is 0 Å². The molecule has 2 N–H and O–H groups in total. The van der Waals surface area contributed by atoms with Crippen molar-refractivity contribution >= 4 is 29.9 Å². The number of benzene rings is 2. The van der Waals surface area contributed by atoms with Crippen molar-refractivity contribution in [2.45, 2.75) is 44.9 Å². The predicted octanol–water partition coefficient (Wildman–Crippen LogP) is 4.94. The van der Waals surface area contributed by atoms with Crippen molar-refractivity contribution in [1.29, 1.82) is 0 Å². The van der Waals surface area contributed by atoms with E-state index in [-0.39, 0.29) is 29.9 Å². The fraction of sp³-hybridized carbons (Fsp3) is 0.400. The van der Waals surface area contributed by atoms with E-state index < -0.39 is 0 Å². The molecule has 0 saturated carbocycles. The number of aliphatic imine (C=N–C) groups is 1. The maximum atomic E-state index is 5.31. The van der Waals surface area contributed by atoms with E-state index in [1.165, 1.54) is 11.1 Å². The number of nitrogens with one attached hydrogen (secondary N) is 2. The van der Waals surface area contributed by atoms with Gasteiger partial charge in [0.1, 0.15) is 0 Å². The number of aryl methyl sites for hydroxylation is 1. The Bertz CT molecular complexity index is 928. The SMILES string of the molecule is CN=C(NCCCc1nc(C(C)C)no1)NCC(Cc1ccccc1)c1ccccc1.I. The van der Waals surface area contributed by atoms with E-state index in [2.05, 4.69) is 100 Å². The quantitative estimate of drug-likeness (QED) is 0.163. The summed E-state index contributed by atoms with van der Waals surface area (Å²) in [6, 6.07) is 21.3. The number of hydrogen-bond donors (Lipinski definition) is 2. The molecule has 3 rings (SSSR count). The average molecular weight is 547 g/mol. The Hall–Kier alpha value is -2.42. The first kappa shape index (κ1) is 25.8. The maximum Gasteiger partial charge on any atom is 0.226 e. The Morgan fingerprint density at radius 2 is 1.69 bits per heavy atom. The Labute approximate surface area is 208 Å². The number of nitrogens with zero attached hydrogens (tertiary/aromatic N) is 3. The number of guanidine groups is 1. The lowest BCUT2D eigenvalue weighted by molar-refractivity contribution is 0.368. The molecule has 2 aromatic carbocycles. The minimum Gasteiger partial charge on any atom is -0.356 e. The Morgan fingerprint density at radius 3 is 2.31 bits per heavy atom. The summed E-state index contributed by atoms with van der Waals surface area (Å²) in [5.41, 5.74) is 2.66. The molecule has 32 heavy (non-hydrogen) atoms. The Kier molecular flexibility index (Phi) is 11.2. The second-order valence-corrected chi connectivity index (χ2v) is 7.98. The van der Waals surface area contributed by atoms with Gasteiger partial charge in [-0.15, -0.1) is 24.0 Å². The minimum absolute atomic E-state index is 0. The van der Waals surface area contributed by atoms with Gasteiger partial charge in [0.05, 0.1) is 0 Å². The topological polar surface area (TPSA) is 75.3 Å². The second-order valence-electron chi connectivity index (χ2n) is 7.98. The van der Waals surface area contributed by atoms with E-state index in [1.807, 2.05) is 0 Å². The molecule has 0 amide bonds. The zero-order chi connectivity index (χ0) is 21.9. The minimum atomic E-state index is 0. The highest BCUT2D eigenvalue weighted by Crippen LogP contribution is 2.20. The monoisotopic (exact) mass is 547 g/mol. The van der Waals surface area contributed by atoms with Gasteiger partial charge >= 0.3 is 0 Å².